The summed E-state index contributed by atoms with van der Waals surface area (Å²) in [5, 5.41) is 4.12. The molecule has 4 nitrogen and oxygen atoms in total. The van der Waals surface area contributed by atoms with Gasteiger partial charge in [-0.25, -0.2) is 0 Å². The van der Waals surface area contributed by atoms with Crippen molar-refractivity contribution in [1.82, 2.24) is 5.32 Å². The maximum absolute atomic E-state index is 11.0. The predicted octanol–water partition coefficient (Wildman–Crippen LogP) is 2.00. The van der Waals surface area contributed by atoms with Crippen molar-refractivity contribution >= 4 is 16.9 Å². The molecular weight excluding hydrogens is 218 g/mol. The third-order valence-electron chi connectivity index (χ3n) is 2.70. The van der Waals surface area contributed by atoms with Crippen LogP contribution in [0.5, 0.6) is 0 Å². The van der Waals surface area contributed by atoms with Gasteiger partial charge in [0.25, 0.3) is 0 Å². The van der Waals surface area contributed by atoms with Gasteiger partial charge in [0.15, 0.2) is 0 Å². The van der Waals surface area contributed by atoms with Crippen molar-refractivity contribution in [2.45, 2.75) is 13.5 Å². The Morgan fingerprint density at radius 3 is 2.94 bits per heavy atom. The van der Waals surface area contributed by atoms with Crippen LogP contribution in [0.4, 0.5) is 0 Å². The SMILES string of the molecule is COC(=O)CNCc1c(C)oc2ccccc12. The fourth-order valence-electron chi connectivity index (χ4n) is 1.80. The van der Waals surface area contributed by atoms with Crippen LogP contribution in [0.15, 0.2) is 28.7 Å². The summed E-state index contributed by atoms with van der Waals surface area (Å²) in [7, 11) is 1.38. The van der Waals surface area contributed by atoms with Crippen LogP contribution in [0, 0.1) is 6.92 Å². The summed E-state index contributed by atoms with van der Waals surface area (Å²) in [4.78, 5) is 11.0. The summed E-state index contributed by atoms with van der Waals surface area (Å²) in [6.45, 7) is 2.72. The van der Waals surface area contributed by atoms with Crippen LogP contribution < -0.4 is 5.32 Å². The van der Waals surface area contributed by atoms with E-state index < -0.39 is 0 Å². The van der Waals surface area contributed by atoms with Crippen molar-refractivity contribution in [2.75, 3.05) is 13.7 Å². The lowest BCUT2D eigenvalue weighted by Crippen LogP contribution is -2.23. The first-order valence-corrected chi connectivity index (χ1v) is 5.47. The number of furan rings is 1. The van der Waals surface area contributed by atoms with E-state index in [0.29, 0.717) is 6.54 Å². The highest BCUT2D eigenvalue weighted by Gasteiger charge is 2.10. The van der Waals surface area contributed by atoms with Gasteiger partial charge in [0.05, 0.1) is 13.7 Å². The fraction of sp³-hybridized carbons (Fsp3) is 0.308. The minimum atomic E-state index is -0.268. The summed E-state index contributed by atoms with van der Waals surface area (Å²) in [6, 6.07) is 7.87. The van der Waals surface area contributed by atoms with Gasteiger partial charge in [-0.15, -0.1) is 0 Å². The van der Waals surface area contributed by atoms with Crippen molar-refractivity contribution in [3.05, 3.63) is 35.6 Å². The third-order valence-corrected chi connectivity index (χ3v) is 2.70. The lowest BCUT2D eigenvalue weighted by molar-refractivity contribution is -0.139. The van der Waals surface area contributed by atoms with E-state index in [1.54, 1.807) is 0 Å². The number of carbonyl (C=O) groups excluding carboxylic acids is 1. The molecule has 0 radical (unpaired) electrons. The molecule has 2 rings (SSSR count). The van der Waals surface area contributed by atoms with Gasteiger partial charge in [0.1, 0.15) is 11.3 Å². The van der Waals surface area contributed by atoms with E-state index in [4.69, 9.17) is 4.42 Å². The monoisotopic (exact) mass is 233 g/mol. The summed E-state index contributed by atoms with van der Waals surface area (Å²) in [5.74, 6) is 0.610. The number of methoxy groups -OCH3 is 1. The highest BCUT2D eigenvalue weighted by molar-refractivity contribution is 5.82. The molecule has 0 aliphatic rings. The summed E-state index contributed by atoms with van der Waals surface area (Å²) < 4.78 is 10.2. The number of ether oxygens (including phenoxy) is 1. The Morgan fingerprint density at radius 1 is 1.41 bits per heavy atom. The van der Waals surface area contributed by atoms with Crippen LogP contribution in [0.25, 0.3) is 11.0 Å². The van der Waals surface area contributed by atoms with E-state index in [-0.39, 0.29) is 12.5 Å². The molecule has 0 bridgehead atoms. The number of aryl methyl sites for hydroxylation is 1. The van der Waals surface area contributed by atoms with E-state index in [0.717, 1.165) is 22.3 Å². The van der Waals surface area contributed by atoms with Crippen molar-refractivity contribution in [2.24, 2.45) is 0 Å². The average molecular weight is 233 g/mol. The van der Waals surface area contributed by atoms with Crippen LogP contribution in [-0.2, 0) is 16.1 Å². The Balaban J connectivity index is 2.12. The van der Waals surface area contributed by atoms with Gasteiger partial charge in [0, 0.05) is 17.5 Å². The van der Waals surface area contributed by atoms with Crippen molar-refractivity contribution in [3.63, 3.8) is 0 Å². The van der Waals surface area contributed by atoms with E-state index in [2.05, 4.69) is 10.1 Å². The molecule has 0 saturated carbocycles. The Kier molecular flexibility index (Phi) is 3.44. The predicted molar refractivity (Wildman–Crippen MR) is 64.7 cm³/mol. The normalized spacial score (nSPS) is 10.7. The molecule has 90 valence electrons. The smallest absolute Gasteiger partial charge is 0.319 e. The maximum atomic E-state index is 11.0. The van der Waals surface area contributed by atoms with Gasteiger partial charge < -0.3 is 14.5 Å². The van der Waals surface area contributed by atoms with Crippen molar-refractivity contribution < 1.29 is 13.9 Å². The average Bonchev–Trinajstić information content (AvgIpc) is 2.66. The summed E-state index contributed by atoms with van der Waals surface area (Å²) in [5.41, 5.74) is 1.96. The lowest BCUT2D eigenvalue weighted by atomic mass is 10.1. The molecule has 1 N–H and O–H groups in total. The molecule has 0 atom stereocenters. The molecule has 1 heterocycles. The standard InChI is InChI=1S/C13H15NO3/c1-9-11(7-14-8-13(15)16-2)10-5-3-4-6-12(10)17-9/h3-6,14H,7-8H2,1-2H3. The second-order valence-electron chi connectivity index (χ2n) is 3.81. The first kappa shape index (κ1) is 11.7. The number of hydrogen-bond donors (Lipinski definition) is 1. The second kappa shape index (κ2) is 5.01. The molecule has 0 aliphatic carbocycles. The summed E-state index contributed by atoms with van der Waals surface area (Å²) >= 11 is 0. The zero-order valence-electron chi connectivity index (χ0n) is 9.95. The zero-order valence-corrected chi connectivity index (χ0v) is 9.95. The fourth-order valence-corrected chi connectivity index (χ4v) is 1.80. The van der Waals surface area contributed by atoms with Crippen molar-refractivity contribution in [3.8, 4) is 0 Å². The maximum Gasteiger partial charge on any atom is 0.319 e. The van der Waals surface area contributed by atoms with Gasteiger partial charge in [-0.3, -0.25) is 4.79 Å². The van der Waals surface area contributed by atoms with Crippen LogP contribution in [0.2, 0.25) is 0 Å². The Bertz CT molecular complexity index is 530. The molecule has 2 aromatic rings. The topological polar surface area (TPSA) is 51.5 Å². The first-order valence-electron chi connectivity index (χ1n) is 5.47. The number of benzene rings is 1. The number of carbonyl (C=O) groups is 1. The van der Waals surface area contributed by atoms with Crippen LogP contribution in [0.1, 0.15) is 11.3 Å². The highest BCUT2D eigenvalue weighted by atomic mass is 16.5. The highest BCUT2D eigenvalue weighted by Crippen LogP contribution is 2.24. The molecule has 0 spiro atoms. The van der Waals surface area contributed by atoms with E-state index >= 15 is 0 Å². The van der Waals surface area contributed by atoms with Crippen molar-refractivity contribution in [1.29, 1.82) is 0 Å². The molecule has 1 aromatic heterocycles. The molecule has 0 amide bonds. The largest absolute Gasteiger partial charge is 0.468 e. The number of hydrogen-bond acceptors (Lipinski definition) is 4. The molecule has 0 saturated heterocycles. The third kappa shape index (κ3) is 2.47. The molecule has 4 heteroatoms. The number of nitrogens with one attached hydrogen (secondary N) is 1. The molecule has 1 aromatic carbocycles. The number of fused-ring (bicyclic) bond motifs is 1. The molecular formula is C13H15NO3. The molecule has 0 aliphatic heterocycles. The minimum absolute atomic E-state index is 0.204. The van der Waals surface area contributed by atoms with Gasteiger partial charge >= 0.3 is 5.97 Å². The molecule has 17 heavy (non-hydrogen) atoms. The number of rotatable bonds is 4. The van der Waals surface area contributed by atoms with Crippen LogP contribution in [0.3, 0.4) is 0 Å². The molecule has 0 fully saturated rings. The Hall–Kier alpha value is -1.81. The summed E-state index contributed by atoms with van der Waals surface area (Å²) in [6.07, 6.45) is 0. The van der Waals surface area contributed by atoms with E-state index in [9.17, 15) is 4.79 Å². The Labute approximate surface area is 99.6 Å². The second-order valence-corrected chi connectivity index (χ2v) is 3.81. The Morgan fingerprint density at radius 2 is 2.18 bits per heavy atom. The molecule has 0 unspecified atom stereocenters. The van der Waals surface area contributed by atoms with Gasteiger partial charge in [0.2, 0.25) is 0 Å². The number of esters is 1. The van der Waals surface area contributed by atoms with Gasteiger partial charge in [-0.05, 0) is 13.0 Å². The van der Waals surface area contributed by atoms with Crippen LogP contribution >= 0.6 is 0 Å². The number of para-hydroxylation sites is 1. The minimum Gasteiger partial charge on any atom is -0.468 e. The van der Waals surface area contributed by atoms with E-state index in [1.165, 1.54) is 7.11 Å². The van der Waals surface area contributed by atoms with Gasteiger partial charge in [-0.2, -0.15) is 0 Å². The van der Waals surface area contributed by atoms with Crippen LogP contribution in [-0.4, -0.2) is 19.6 Å². The first-order chi connectivity index (χ1) is 8.22. The zero-order chi connectivity index (χ0) is 12.3. The van der Waals surface area contributed by atoms with E-state index in [1.807, 2.05) is 31.2 Å². The quantitative estimate of drug-likeness (QED) is 0.821. The lowest BCUT2D eigenvalue weighted by Gasteiger charge is -2.02. The van der Waals surface area contributed by atoms with Gasteiger partial charge in [-0.1, -0.05) is 18.2 Å².